The summed E-state index contributed by atoms with van der Waals surface area (Å²) >= 11 is 0. The molecule has 138 valence electrons. The van der Waals surface area contributed by atoms with Gasteiger partial charge in [0.25, 0.3) is 16.1 Å². The molecule has 1 aliphatic heterocycles. The zero-order valence-corrected chi connectivity index (χ0v) is 15.7. The van der Waals surface area contributed by atoms with Crippen molar-refractivity contribution in [1.82, 2.24) is 13.9 Å². The van der Waals surface area contributed by atoms with Gasteiger partial charge in [0.05, 0.1) is 12.1 Å². The number of rotatable bonds is 3. The van der Waals surface area contributed by atoms with E-state index in [0.717, 1.165) is 0 Å². The molecule has 1 N–H and O–H groups in total. The zero-order chi connectivity index (χ0) is 18.2. The summed E-state index contributed by atoms with van der Waals surface area (Å²) in [5.74, 6) is 0.479. The van der Waals surface area contributed by atoms with Crippen LogP contribution in [0.3, 0.4) is 0 Å². The van der Waals surface area contributed by atoms with Gasteiger partial charge in [0.15, 0.2) is 0 Å². The van der Waals surface area contributed by atoms with Crippen molar-refractivity contribution in [2.24, 2.45) is 0 Å². The van der Waals surface area contributed by atoms with Gasteiger partial charge in [-0.25, -0.2) is 0 Å². The number of ether oxygens (including phenoxy) is 1. The third-order valence-corrected chi connectivity index (χ3v) is 7.18. The highest BCUT2D eigenvalue weighted by atomic mass is 32.2. The maximum atomic E-state index is 12.3. The Balaban J connectivity index is 1.75. The molecule has 1 heterocycles. The first kappa shape index (κ1) is 18.2. The molecule has 0 aromatic heterocycles. The minimum Gasteiger partial charge on any atom is -0.485 e. The topological polar surface area (TPSA) is 79.0 Å². The highest BCUT2D eigenvalue weighted by Crippen LogP contribution is 2.37. The van der Waals surface area contributed by atoms with Crippen LogP contribution in [0.5, 0.6) is 5.75 Å². The monoisotopic (exact) mass is 367 g/mol. The molecular formula is C17H25N3O4S. The summed E-state index contributed by atoms with van der Waals surface area (Å²) < 4.78 is 33.6. The summed E-state index contributed by atoms with van der Waals surface area (Å²) in [5.41, 5.74) is 0.0791. The Morgan fingerprint density at radius 1 is 1.16 bits per heavy atom. The van der Waals surface area contributed by atoms with Gasteiger partial charge < -0.3 is 10.1 Å². The third kappa shape index (κ3) is 3.38. The molecule has 0 saturated heterocycles. The molecule has 1 aromatic carbocycles. The molecule has 0 radical (unpaired) electrons. The lowest BCUT2D eigenvalue weighted by atomic mass is 9.82. The van der Waals surface area contributed by atoms with E-state index < -0.39 is 15.8 Å². The van der Waals surface area contributed by atoms with Crippen molar-refractivity contribution < 1.29 is 17.9 Å². The molecule has 3 rings (SSSR count). The smallest absolute Gasteiger partial charge is 0.281 e. The van der Waals surface area contributed by atoms with E-state index in [4.69, 9.17) is 4.74 Å². The molecule has 1 saturated carbocycles. The molecule has 1 spiro atoms. The Labute approximate surface area is 149 Å². The van der Waals surface area contributed by atoms with E-state index in [1.165, 1.54) is 22.7 Å². The number of benzene rings is 1. The summed E-state index contributed by atoms with van der Waals surface area (Å²) in [4.78, 5) is 12.2. The lowest BCUT2D eigenvalue weighted by Crippen LogP contribution is -2.52. The van der Waals surface area contributed by atoms with E-state index >= 15 is 0 Å². The second-order valence-corrected chi connectivity index (χ2v) is 9.20. The lowest BCUT2D eigenvalue weighted by Gasteiger charge is -2.41. The van der Waals surface area contributed by atoms with E-state index in [-0.39, 0.29) is 11.9 Å². The van der Waals surface area contributed by atoms with E-state index in [2.05, 4.69) is 5.32 Å². The minimum absolute atomic E-state index is 0.0594. The number of amides is 1. The number of hydrogen-bond acceptors (Lipinski definition) is 4. The van der Waals surface area contributed by atoms with Crippen LogP contribution in [-0.2, 0) is 10.2 Å². The molecule has 0 unspecified atom stereocenters. The third-order valence-electron chi connectivity index (χ3n) is 5.24. The van der Waals surface area contributed by atoms with E-state index in [1.54, 1.807) is 13.1 Å². The van der Waals surface area contributed by atoms with Crippen LogP contribution in [0.2, 0.25) is 0 Å². The van der Waals surface area contributed by atoms with Crippen LogP contribution >= 0.6 is 0 Å². The van der Waals surface area contributed by atoms with Crippen molar-refractivity contribution in [1.29, 1.82) is 0 Å². The van der Waals surface area contributed by atoms with Gasteiger partial charge in [-0.15, -0.1) is 0 Å². The van der Waals surface area contributed by atoms with Gasteiger partial charge in [-0.3, -0.25) is 4.79 Å². The Morgan fingerprint density at radius 3 is 2.44 bits per heavy atom. The van der Waals surface area contributed by atoms with Gasteiger partial charge in [-0.1, -0.05) is 12.1 Å². The predicted octanol–water partition coefficient (Wildman–Crippen LogP) is 1.23. The van der Waals surface area contributed by atoms with Gasteiger partial charge in [0.2, 0.25) is 0 Å². The Morgan fingerprint density at radius 2 is 1.80 bits per heavy atom. The normalized spacial score (nSPS) is 26.9. The van der Waals surface area contributed by atoms with Gasteiger partial charge in [0, 0.05) is 27.2 Å². The van der Waals surface area contributed by atoms with Crippen molar-refractivity contribution in [3.63, 3.8) is 0 Å². The van der Waals surface area contributed by atoms with Gasteiger partial charge in [0.1, 0.15) is 11.4 Å². The number of nitrogens with zero attached hydrogens (tertiary/aromatic N) is 2. The highest BCUT2D eigenvalue weighted by Gasteiger charge is 2.42. The van der Waals surface area contributed by atoms with Crippen molar-refractivity contribution >= 4 is 16.1 Å². The highest BCUT2D eigenvalue weighted by molar-refractivity contribution is 7.86. The van der Waals surface area contributed by atoms with Crippen LogP contribution in [0.15, 0.2) is 24.3 Å². The minimum atomic E-state index is -3.43. The van der Waals surface area contributed by atoms with Crippen molar-refractivity contribution in [2.75, 3.05) is 27.7 Å². The first-order valence-electron chi connectivity index (χ1n) is 8.47. The molecule has 1 aliphatic carbocycles. The fourth-order valence-corrected chi connectivity index (χ4v) is 4.67. The van der Waals surface area contributed by atoms with Crippen molar-refractivity contribution in [3.8, 4) is 5.75 Å². The summed E-state index contributed by atoms with van der Waals surface area (Å²) in [6, 6.07) is 7.19. The molecule has 2 aliphatic rings. The number of hydrogen-bond donors (Lipinski definition) is 1. The number of fused-ring (bicyclic) bond motifs is 1. The predicted molar refractivity (Wildman–Crippen MR) is 94.8 cm³/mol. The fraction of sp³-hybridized carbons (Fsp3) is 0.588. The van der Waals surface area contributed by atoms with Crippen molar-refractivity contribution in [3.05, 3.63) is 29.8 Å². The van der Waals surface area contributed by atoms with Crippen LogP contribution in [0.1, 0.15) is 36.0 Å². The second-order valence-electron chi connectivity index (χ2n) is 7.00. The van der Waals surface area contributed by atoms with E-state index in [0.29, 0.717) is 43.5 Å². The summed E-state index contributed by atoms with van der Waals surface area (Å²) in [7, 11) is 1.28. The number of nitrogens with one attached hydrogen (secondary N) is 1. The summed E-state index contributed by atoms with van der Waals surface area (Å²) in [5, 5.41) is 2.95. The van der Waals surface area contributed by atoms with Gasteiger partial charge in [-0.05, 0) is 37.8 Å². The molecule has 1 aromatic rings. The van der Waals surface area contributed by atoms with E-state index in [1.807, 2.05) is 18.2 Å². The first-order valence-corrected chi connectivity index (χ1v) is 9.87. The van der Waals surface area contributed by atoms with Crippen LogP contribution in [0.25, 0.3) is 0 Å². The Hall–Kier alpha value is -1.64. The van der Waals surface area contributed by atoms with Crippen LogP contribution in [0, 0.1) is 0 Å². The summed E-state index contributed by atoms with van der Waals surface area (Å²) in [6.07, 6.45) is 2.78. The van der Waals surface area contributed by atoms with Gasteiger partial charge >= 0.3 is 0 Å². The van der Waals surface area contributed by atoms with Gasteiger partial charge in [-0.2, -0.15) is 17.0 Å². The molecule has 8 heteroatoms. The molecule has 0 atom stereocenters. The molecule has 7 nitrogen and oxygen atoms in total. The summed E-state index contributed by atoms with van der Waals surface area (Å²) in [6.45, 7) is 0.442. The zero-order valence-electron chi connectivity index (χ0n) is 14.9. The first-order chi connectivity index (χ1) is 11.8. The molecule has 0 bridgehead atoms. The van der Waals surface area contributed by atoms with Crippen molar-refractivity contribution in [2.45, 2.75) is 37.3 Å². The maximum absolute atomic E-state index is 12.3. The molecule has 1 amide bonds. The average molecular weight is 367 g/mol. The molecule has 25 heavy (non-hydrogen) atoms. The number of para-hydroxylation sites is 1. The lowest BCUT2D eigenvalue weighted by molar-refractivity contribution is 0.0192. The quantitative estimate of drug-likeness (QED) is 0.871. The second kappa shape index (κ2) is 6.59. The average Bonchev–Trinajstić information content (AvgIpc) is 2.72. The standard InChI is InChI=1S/C17H25N3O4S/c1-19(2)25(22,23)20(3)13-8-10-17(11-9-13)12-18-16(21)14-6-4-5-7-15(14)24-17/h4-7,13H,8-12H2,1-3H3,(H,18,21). The van der Waals surface area contributed by atoms with E-state index in [9.17, 15) is 13.2 Å². The Bertz CT molecular complexity index is 755. The van der Waals surface area contributed by atoms with Crippen LogP contribution in [-0.4, -0.2) is 62.3 Å². The number of carbonyl (C=O) groups is 1. The van der Waals surface area contributed by atoms with Crippen LogP contribution in [0.4, 0.5) is 0 Å². The number of carbonyl (C=O) groups excluding carboxylic acids is 1. The molecule has 1 fully saturated rings. The fourth-order valence-electron chi connectivity index (χ4n) is 3.57. The maximum Gasteiger partial charge on any atom is 0.281 e. The Kier molecular flexibility index (Phi) is 4.78. The largest absolute Gasteiger partial charge is 0.485 e. The molecular weight excluding hydrogens is 342 g/mol. The van der Waals surface area contributed by atoms with Crippen LogP contribution < -0.4 is 10.1 Å². The SMILES string of the molecule is CN(C)S(=O)(=O)N(C)C1CCC2(CC1)CNC(=O)c1ccccc1O2.